The average molecular weight is 365 g/mol. The lowest BCUT2D eigenvalue weighted by molar-refractivity contribution is -0.384. The van der Waals surface area contributed by atoms with Gasteiger partial charge in [-0.25, -0.2) is 4.79 Å². The number of aryl methyl sites for hydroxylation is 2. The first-order valence-corrected chi connectivity index (χ1v) is 7.60. The van der Waals surface area contributed by atoms with Gasteiger partial charge in [0.2, 0.25) is 0 Å². The number of halogens is 2. The van der Waals surface area contributed by atoms with Crippen LogP contribution in [0.4, 0.5) is 25.0 Å². The molecule has 0 saturated heterocycles. The van der Waals surface area contributed by atoms with Gasteiger partial charge in [-0.05, 0) is 31.0 Å². The lowest BCUT2D eigenvalue weighted by atomic mass is 10.1. The van der Waals surface area contributed by atoms with E-state index in [-0.39, 0.29) is 23.7 Å². The molecule has 0 unspecified atom stereocenters. The highest BCUT2D eigenvalue weighted by Crippen LogP contribution is 2.30. The smallest absolute Gasteiger partial charge is 0.387 e. The van der Waals surface area contributed by atoms with Gasteiger partial charge in [-0.3, -0.25) is 10.1 Å². The third kappa shape index (κ3) is 5.13. The van der Waals surface area contributed by atoms with Crippen LogP contribution in [0.5, 0.6) is 5.75 Å². The summed E-state index contributed by atoms with van der Waals surface area (Å²) in [6, 6.07) is 7.99. The van der Waals surface area contributed by atoms with Gasteiger partial charge in [0.05, 0.1) is 10.6 Å². The zero-order valence-corrected chi connectivity index (χ0v) is 14.1. The van der Waals surface area contributed by atoms with Crippen LogP contribution in [-0.2, 0) is 6.54 Å². The fourth-order valence-corrected chi connectivity index (χ4v) is 2.31. The zero-order chi connectivity index (χ0) is 19.3. The number of urea groups is 1. The van der Waals surface area contributed by atoms with Crippen molar-refractivity contribution >= 4 is 17.4 Å². The number of anilines is 1. The maximum Gasteiger partial charge on any atom is 0.387 e. The van der Waals surface area contributed by atoms with Crippen molar-refractivity contribution in [2.45, 2.75) is 27.0 Å². The molecule has 7 nitrogen and oxygen atoms in total. The second-order valence-corrected chi connectivity index (χ2v) is 5.55. The number of amides is 2. The number of benzene rings is 2. The molecule has 2 amide bonds. The summed E-state index contributed by atoms with van der Waals surface area (Å²) in [5.41, 5.74) is 2.37. The predicted octanol–water partition coefficient (Wildman–Crippen LogP) is 4.13. The van der Waals surface area contributed by atoms with Crippen molar-refractivity contribution in [2.75, 3.05) is 5.32 Å². The van der Waals surface area contributed by atoms with E-state index in [0.29, 0.717) is 0 Å². The molecule has 0 aliphatic heterocycles. The van der Waals surface area contributed by atoms with E-state index in [4.69, 9.17) is 0 Å². The Morgan fingerprint density at radius 1 is 1.23 bits per heavy atom. The number of rotatable bonds is 6. The van der Waals surface area contributed by atoms with Crippen LogP contribution in [0.1, 0.15) is 16.7 Å². The molecule has 2 aromatic carbocycles. The van der Waals surface area contributed by atoms with Crippen molar-refractivity contribution in [1.82, 2.24) is 5.32 Å². The van der Waals surface area contributed by atoms with Crippen LogP contribution < -0.4 is 15.4 Å². The molecule has 26 heavy (non-hydrogen) atoms. The molecule has 0 fully saturated rings. The van der Waals surface area contributed by atoms with Crippen LogP contribution in [0.25, 0.3) is 0 Å². The molecule has 2 rings (SSSR count). The minimum atomic E-state index is -3.13. The Balaban J connectivity index is 2.11. The highest BCUT2D eigenvalue weighted by Gasteiger charge is 2.16. The molecular formula is C17H17F2N3O4. The van der Waals surface area contributed by atoms with Crippen molar-refractivity contribution in [3.8, 4) is 5.75 Å². The van der Waals surface area contributed by atoms with Crippen LogP contribution >= 0.6 is 0 Å². The van der Waals surface area contributed by atoms with Gasteiger partial charge < -0.3 is 15.4 Å². The summed E-state index contributed by atoms with van der Waals surface area (Å²) < 4.78 is 29.2. The number of ether oxygens (including phenoxy) is 1. The summed E-state index contributed by atoms with van der Waals surface area (Å²) in [7, 11) is 0. The Bertz CT molecular complexity index is 828. The minimum absolute atomic E-state index is 0.206. The quantitative estimate of drug-likeness (QED) is 0.594. The molecule has 138 valence electrons. The summed E-state index contributed by atoms with van der Waals surface area (Å²) in [6.45, 7) is 0.925. The van der Waals surface area contributed by atoms with E-state index in [9.17, 15) is 23.7 Å². The molecule has 0 aromatic heterocycles. The SMILES string of the molecule is Cc1ccc(CNC(=O)Nc2cc([N+](=O)[O-])ccc2OC(F)F)c(C)c1. The van der Waals surface area contributed by atoms with Gasteiger partial charge in [-0.2, -0.15) is 8.78 Å². The molecule has 2 aromatic rings. The van der Waals surface area contributed by atoms with E-state index in [1.54, 1.807) is 0 Å². The first-order valence-electron chi connectivity index (χ1n) is 7.60. The van der Waals surface area contributed by atoms with Crippen molar-refractivity contribution in [3.05, 3.63) is 63.2 Å². The summed E-state index contributed by atoms with van der Waals surface area (Å²) in [5.74, 6) is -0.368. The van der Waals surface area contributed by atoms with Crippen LogP contribution in [0.15, 0.2) is 36.4 Å². The third-order valence-corrected chi connectivity index (χ3v) is 3.58. The topological polar surface area (TPSA) is 93.5 Å². The van der Waals surface area contributed by atoms with E-state index < -0.39 is 17.6 Å². The molecule has 0 atom stereocenters. The van der Waals surface area contributed by atoms with Gasteiger partial charge in [0, 0.05) is 18.7 Å². The summed E-state index contributed by atoms with van der Waals surface area (Å²) in [6.07, 6.45) is 0. The van der Waals surface area contributed by atoms with Gasteiger partial charge in [-0.15, -0.1) is 0 Å². The van der Waals surface area contributed by atoms with E-state index in [1.165, 1.54) is 0 Å². The Morgan fingerprint density at radius 3 is 2.58 bits per heavy atom. The molecule has 9 heteroatoms. The molecule has 0 heterocycles. The number of nitro groups is 1. The van der Waals surface area contributed by atoms with Gasteiger partial charge in [0.25, 0.3) is 5.69 Å². The minimum Gasteiger partial charge on any atom is -0.433 e. The fourth-order valence-electron chi connectivity index (χ4n) is 2.31. The number of carbonyl (C=O) groups is 1. The lowest BCUT2D eigenvalue weighted by Gasteiger charge is -2.13. The molecule has 0 aliphatic rings. The average Bonchev–Trinajstić information content (AvgIpc) is 2.55. The van der Waals surface area contributed by atoms with E-state index in [2.05, 4.69) is 15.4 Å². The van der Waals surface area contributed by atoms with Gasteiger partial charge >= 0.3 is 12.6 Å². The molecular weight excluding hydrogens is 348 g/mol. The fraction of sp³-hybridized carbons (Fsp3) is 0.235. The van der Waals surface area contributed by atoms with Crippen LogP contribution in [0.2, 0.25) is 0 Å². The number of nitrogens with zero attached hydrogens (tertiary/aromatic N) is 1. The standard InChI is InChI=1S/C17H17F2N3O4/c1-10-3-4-12(11(2)7-10)9-20-17(23)21-14-8-13(22(24)25)5-6-15(14)26-16(18)19/h3-8,16H,9H2,1-2H3,(H2,20,21,23). The first kappa shape index (κ1) is 19.1. The highest BCUT2D eigenvalue weighted by molar-refractivity contribution is 5.91. The number of non-ortho nitro benzene ring substituents is 1. The molecule has 0 saturated carbocycles. The van der Waals surface area contributed by atoms with Crippen molar-refractivity contribution in [1.29, 1.82) is 0 Å². The molecule has 0 bridgehead atoms. The van der Waals surface area contributed by atoms with Crippen LogP contribution in [-0.4, -0.2) is 17.6 Å². The van der Waals surface area contributed by atoms with Gasteiger partial charge in [0.15, 0.2) is 0 Å². The maximum absolute atomic E-state index is 12.5. The number of nitrogens with one attached hydrogen (secondary N) is 2. The van der Waals surface area contributed by atoms with Gasteiger partial charge in [-0.1, -0.05) is 23.8 Å². The lowest BCUT2D eigenvalue weighted by Crippen LogP contribution is -2.28. The second-order valence-electron chi connectivity index (χ2n) is 5.55. The largest absolute Gasteiger partial charge is 0.433 e. The van der Waals surface area contributed by atoms with Crippen LogP contribution in [0.3, 0.4) is 0 Å². The van der Waals surface area contributed by atoms with E-state index >= 15 is 0 Å². The molecule has 2 N–H and O–H groups in total. The molecule has 0 aliphatic carbocycles. The van der Waals surface area contributed by atoms with E-state index in [0.717, 1.165) is 34.9 Å². The van der Waals surface area contributed by atoms with Gasteiger partial charge in [0.1, 0.15) is 5.75 Å². The summed E-state index contributed by atoms with van der Waals surface area (Å²) >= 11 is 0. The molecule has 0 radical (unpaired) electrons. The number of carbonyl (C=O) groups excluding carboxylic acids is 1. The monoisotopic (exact) mass is 365 g/mol. The van der Waals surface area contributed by atoms with Crippen molar-refractivity contribution in [3.63, 3.8) is 0 Å². The Kier molecular flexibility index (Phi) is 6.05. The summed E-state index contributed by atoms with van der Waals surface area (Å²) in [4.78, 5) is 22.2. The van der Waals surface area contributed by atoms with Crippen molar-refractivity contribution in [2.24, 2.45) is 0 Å². The predicted molar refractivity (Wildman–Crippen MR) is 91.5 cm³/mol. The Labute approximate surface area is 148 Å². The number of nitro benzene ring substituents is 1. The van der Waals surface area contributed by atoms with Crippen LogP contribution in [0, 0.1) is 24.0 Å². The Hall–Kier alpha value is -3.23. The number of hydrogen-bond acceptors (Lipinski definition) is 4. The van der Waals surface area contributed by atoms with E-state index in [1.807, 2.05) is 32.0 Å². The second kappa shape index (κ2) is 8.24. The highest BCUT2D eigenvalue weighted by atomic mass is 19.3. The summed E-state index contributed by atoms with van der Waals surface area (Å²) in [5, 5.41) is 15.7. The zero-order valence-electron chi connectivity index (χ0n) is 14.1. The Morgan fingerprint density at radius 2 is 1.96 bits per heavy atom. The first-order chi connectivity index (χ1) is 12.3. The number of alkyl halides is 2. The molecule has 0 spiro atoms. The normalized spacial score (nSPS) is 10.5. The maximum atomic E-state index is 12.5. The number of hydrogen-bond donors (Lipinski definition) is 2. The third-order valence-electron chi connectivity index (χ3n) is 3.58. The van der Waals surface area contributed by atoms with Crippen molar-refractivity contribution < 1.29 is 23.2 Å².